The number of methoxy groups -OCH3 is 1. The Labute approximate surface area is 92.8 Å². The summed E-state index contributed by atoms with van der Waals surface area (Å²) in [7, 11) is 1.65. The lowest BCUT2D eigenvalue weighted by Gasteiger charge is -2.17. The summed E-state index contributed by atoms with van der Waals surface area (Å²) in [5.41, 5.74) is 0. The Balaban J connectivity index is 3.70. The van der Waals surface area contributed by atoms with Gasteiger partial charge in [0.25, 0.3) is 0 Å². The van der Waals surface area contributed by atoms with Crippen LogP contribution in [0.15, 0.2) is 0 Å². The third kappa shape index (κ3) is 7.33. The molecule has 0 bridgehead atoms. The van der Waals surface area contributed by atoms with Gasteiger partial charge in [0.15, 0.2) is 0 Å². The zero-order valence-corrected chi connectivity index (χ0v) is 10.3. The Morgan fingerprint density at radius 2 is 2.00 bits per heavy atom. The van der Waals surface area contributed by atoms with E-state index >= 15 is 0 Å². The summed E-state index contributed by atoms with van der Waals surface area (Å²) in [5, 5.41) is 6.07. The van der Waals surface area contributed by atoms with E-state index in [0.717, 1.165) is 12.8 Å². The van der Waals surface area contributed by atoms with Gasteiger partial charge in [0, 0.05) is 13.2 Å². The fraction of sp³-hybridized carbons (Fsp3) is 0.909. The van der Waals surface area contributed by atoms with Crippen LogP contribution in [0, 0.1) is 0 Å². The molecule has 0 fully saturated rings. The topological polar surface area (TPSA) is 50.4 Å². The highest BCUT2D eigenvalue weighted by atomic mass is 16.5. The summed E-state index contributed by atoms with van der Waals surface area (Å²) in [6.07, 6.45) is 1.92. The molecule has 0 spiro atoms. The van der Waals surface area contributed by atoms with Crippen molar-refractivity contribution < 1.29 is 9.53 Å². The summed E-state index contributed by atoms with van der Waals surface area (Å²) < 4.78 is 5.01. The first-order chi connectivity index (χ1) is 7.13. The maximum atomic E-state index is 11.5. The van der Waals surface area contributed by atoms with Crippen LogP contribution in [0.25, 0.3) is 0 Å². The predicted molar refractivity (Wildman–Crippen MR) is 61.9 cm³/mol. The van der Waals surface area contributed by atoms with Gasteiger partial charge in [-0.15, -0.1) is 0 Å². The first kappa shape index (κ1) is 14.4. The van der Waals surface area contributed by atoms with Gasteiger partial charge in [-0.1, -0.05) is 13.8 Å². The van der Waals surface area contributed by atoms with E-state index in [4.69, 9.17) is 4.74 Å². The van der Waals surface area contributed by atoms with E-state index in [1.54, 1.807) is 7.11 Å². The lowest BCUT2D eigenvalue weighted by atomic mass is 10.2. The molecule has 4 nitrogen and oxygen atoms in total. The van der Waals surface area contributed by atoms with Gasteiger partial charge in [-0.05, 0) is 19.8 Å². The third-order valence-electron chi connectivity index (χ3n) is 2.45. The largest absolute Gasteiger partial charge is 0.383 e. The Bertz CT molecular complexity index is 174. The molecular weight excluding hydrogens is 192 g/mol. The predicted octanol–water partition coefficient (Wildman–Crippen LogP) is 0.916. The molecule has 4 heteroatoms. The van der Waals surface area contributed by atoms with Crippen molar-refractivity contribution in [2.45, 2.75) is 45.7 Å². The second kappa shape index (κ2) is 8.68. The van der Waals surface area contributed by atoms with Crippen LogP contribution >= 0.6 is 0 Å². The van der Waals surface area contributed by atoms with E-state index < -0.39 is 0 Å². The minimum atomic E-state index is 0.0409. The molecule has 1 amide bonds. The molecule has 0 radical (unpaired) electrons. The van der Waals surface area contributed by atoms with Crippen molar-refractivity contribution in [2.24, 2.45) is 0 Å². The monoisotopic (exact) mass is 216 g/mol. The average molecular weight is 216 g/mol. The minimum absolute atomic E-state index is 0.0409. The van der Waals surface area contributed by atoms with Crippen LogP contribution in [-0.4, -0.2) is 38.3 Å². The van der Waals surface area contributed by atoms with Crippen LogP contribution in [0.3, 0.4) is 0 Å². The van der Waals surface area contributed by atoms with Gasteiger partial charge in [0.2, 0.25) is 5.91 Å². The Kier molecular flexibility index (Phi) is 8.33. The van der Waals surface area contributed by atoms with Crippen LogP contribution in [0.4, 0.5) is 0 Å². The van der Waals surface area contributed by atoms with Crippen molar-refractivity contribution in [1.82, 2.24) is 10.6 Å². The molecule has 90 valence electrons. The molecule has 0 aliphatic heterocycles. The lowest BCUT2D eigenvalue weighted by Crippen LogP contribution is -2.43. The van der Waals surface area contributed by atoms with Gasteiger partial charge in [-0.2, -0.15) is 0 Å². The van der Waals surface area contributed by atoms with Crippen molar-refractivity contribution in [3.8, 4) is 0 Å². The molecule has 0 heterocycles. The summed E-state index contributed by atoms with van der Waals surface area (Å²) in [5.74, 6) is 0.0409. The number of amides is 1. The molecule has 15 heavy (non-hydrogen) atoms. The van der Waals surface area contributed by atoms with Crippen molar-refractivity contribution in [1.29, 1.82) is 0 Å². The maximum absolute atomic E-state index is 11.5. The number of rotatable bonds is 8. The van der Waals surface area contributed by atoms with Crippen LogP contribution in [0.1, 0.15) is 33.6 Å². The van der Waals surface area contributed by atoms with E-state index in [-0.39, 0.29) is 11.9 Å². The van der Waals surface area contributed by atoms with E-state index in [2.05, 4.69) is 24.5 Å². The van der Waals surface area contributed by atoms with Crippen molar-refractivity contribution in [3.05, 3.63) is 0 Å². The number of ether oxygens (including phenoxy) is 1. The van der Waals surface area contributed by atoms with Crippen LogP contribution in [0.5, 0.6) is 0 Å². The van der Waals surface area contributed by atoms with E-state index in [1.165, 1.54) is 0 Å². The number of carbonyl (C=O) groups is 1. The Morgan fingerprint density at radius 3 is 2.47 bits per heavy atom. The van der Waals surface area contributed by atoms with Gasteiger partial charge >= 0.3 is 0 Å². The number of hydrogen-bond donors (Lipinski definition) is 2. The molecule has 0 saturated heterocycles. The highest BCUT2D eigenvalue weighted by Gasteiger charge is 2.10. The second-order valence-electron chi connectivity index (χ2n) is 3.82. The van der Waals surface area contributed by atoms with Crippen LogP contribution < -0.4 is 10.6 Å². The molecule has 2 N–H and O–H groups in total. The molecule has 0 aromatic rings. The van der Waals surface area contributed by atoms with E-state index in [1.807, 2.05) is 6.92 Å². The number of nitrogens with one attached hydrogen (secondary N) is 2. The van der Waals surface area contributed by atoms with Gasteiger partial charge in [-0.3, -0.25) is 4.79 Å². The molecule has 0 aromatic heterocycles. The second-order valence-corrected chi connectivity index (χ2v) is 3.82. The number of hydrogen-bond acceptors (Lipinski definition) is 3. The highest BCUT2D eigenvalue weighted by molar-refractivity contribution is 5.78. The standard InChI is InChI=1S/C11H24N2O2/c1-5-9(3)12-7-11(14)13-10(6-2)8-15-4/h9-10,12H,5-8H2,1-4H3,(H,13,14). The molecule has 2 unspecified atom stereocenters. The van der Waals surface area contributed by atoms with Crippen molar-refractivity contribution >= 4 is 5.91 Å². The normalized spacial score (nSPS) is 14.7. The van der Waals surface area contributed by atoms with Crippen molar-refractivity contribution in [3.63, 3.8) is 0 Å². The first-order valence-electron chi connectivity index (χ1n) is 5.65. The van der Waals surface area contributed by atoms with Crippen LogP contribution in [0.2, 0.25) is 0 Å². The quantitative estimate of drug-likeness (QED) is 0.634. The fourth-order valence-electron chi connectivity index (χ4n) is 1.15. The summed E-state index contributed by atoms with van der Waals surface area (Å²) in [4.78, 5) is 11.5. The van der Waals surface area contributed by atoms with Gasteiger partial charge in [-0.25, -0.2) is 0 Å². The molecule has 0 aromatic carbocycles. The molecule has 0 saturated carbocycles. The van der Waals surface area contributed by atoms with Gasteiger partial charge in [0.05, 0.1) is 19.2 Å². The fourth-order valence-corrected chi connectivity index (χ4v) is 1.15. The molecule has 0 aliphatic rings. The average Bonchev–Trinajstić information content (AvgIpc) is 2.25. The highest BCUT2D eigenvalue weighted by Crippen LogP contribution is 1.91. The molecule has 2 atom stereocenters. The van der Waals surface area contributed by atoms with Gasteiger partial charge < -0.3 is 15.4 Å². The summed E-state index contributed by atoms with van der Waals surface area (Å²) in [6, 6.07) is 0.513. The van der Waals surface area contributed by atoms with Gasteiger partial charge in [0.1, 0.15) is 0 Å². The SMILES string of the molecule is CCC(C)NCC(=O)NC(CC)COC. The first-order valence-corrected chi connectivity index (χ1v) is 5.65. The third-order valence-corrected chi connectivity index (χ3v) is 2.45. The molecular formula is C11H24N2O2. The Hall–Kier alpha value is -0.610. The minimum Gasteiger partial charge on any atom is -0.383 e. The zero-order chi connectivity index (χ0) is 11.7. The maximum Gasteiger partial charge on any atom is 0.234 e. The molecule has 0 aliphatic carbocycles. The Morgan fingerprint density at radius 1 is 1.33 bits per heavy atom. The number of carbonyl (C=O) groups excluding carboxylic acids is 1. The zero-order valence-electron chi connectivity index (χ0n) is 10.3. The van der Waals surface area contributed by atoms with Crippen molar-refractivity contribution in [2.75, 3.05) is 20.3 Å². The summed E-state index contributed by atoms with van der Waals surface area (Å²) in [6.45, 7) is 7.15. The molecule has 0 rings (SSSR count). The lowest BCUT2D eigenvalue weighted by molar-refractivity contribution is -0.121. The van der Waals surface area contributed by atoms with E-state index in [0.29, 0.717) is 19.2 Å². The smallest absolute Gasteiger partial charge is 0.234 e. The van der Waals surface area contributed by atoms with Crippen LogP contribution in [-0.2, 0) is 9.53 Å². The van der Waals surface area contributed by atoms with E-state index in [9.17, 15) is 4.79 Å². The summed E-state index contributed by atoms with van der Waals surface area (Å²) >= 11 is 0.